The van der Waals surface area contributed by atoms with Gasteiger partial charge in [0.25, 0.3) is 0 Å². The van der Waals surface area contributed by atoms with E-state index in [0.29, 0.717) is 24.1 Å². The second kappa shape index (κ2) is 7.28. The molecule has 0 radical (unpaired) electrons. The summed E-state index contributed by atoms with van der Waals surface area (Å²) in [5.74, 6) is -1.16. The minimum atomic E-state index is -1.02. The number of aliphatic carboxylic acids is 1. The molecule has 0 aliphatic carbocycles. The summed E-state index contributed by atoms with van der Waals surface area (Å²) in [7, 11) is 0. The smallest absolute Gasteiger partial charge is 0.326 e. The lowest BCUT2D eigenvalue weighted by Crippen LogP contribution is -2.41. The number of nitrogens with one attached hydrogen (secondary N) is 1. The van der Waals surface area contributed by atoms with Crippen LogP contribution in [0, 0.1) is 12.8 Å². The summed E-state index contributed by atoms with van der Waals surface area (Å²) in [6, 6.07) is -0.860. The van der Waals surface area contributed by atoms with Crippen molar-refractivity contribution >= 4 is 23.5 Å². The van der Waals surface area contributed by atoms with Gasteiger partial charge in [-0.2, -0.15) is 0 Å². The van der Waals surface area contributed by atoms with E-state index >= 15 is 0 Å². The van der Waals surface area contributed by atoms with Crippen LogP contribution in [0.25, 0.3) is 0 Å². The first-order valence-electron chi connectivity index (χ1n) is 6.44. The first kappa shape index (κ1) is 16.5. The van der Waals surface area contributed by atoms with Crippen LogP contribution in [0.2, 0.25) is 5.22 Å². The molecule has 7 heteroatoms. The van der Waals surface area contributed by atoms with Crippen molar-refractivity contribution in [1.29, 1.82) is 0 Å². The second-order valence-corrected chi connectivity index (χ2v) is 5.45. The van der Waals surface area contributed by atoms with Gasteiger partial charge in [0.15, 0.2) is 0 Å². The third-order valence-electron chi connectivity index (χ3n) is 2.88. The second-order valence-electron chi connectivity index (χ2n) is 5.11. The van der Waals surface area contributed by atoms with Crippen LogP contribution in [-0.4, -0.2) is 28.2 Å². The number of rotatable bonds is 7. The molecule has 1 aromatic rings. The number of aryl methyl sites for hydroxylation is 1. The fourth-order valence-corrected chi connectivity index (χ4v) is 2.10. The van der Waals surface area contributed by atoms with E-state index in [2.05, 4.69) is 10.5 Å². The molecule has 0 spiro atoms. The normalized spacial score (nSPS) is 12.4. The van der Waals surface area contributed by atoms with Gasteiger partial charge in [-0.25, -0.2) is 4.79 Å². The number of carbonyl (C=O) groups is 2. The predicted molar refractivity (Wildman–Crippen MR) is 73.6 cm³/mol. The van der Waals surface area contributed by atoms with Crippen molar-refractivity contribution in [3.63, 3.8) is 0 Å². The van der Waals surface area contributed by atoms with Gasteiger partial charge in [0, 0.05) is 12.0 Å². The molecule has 0 fully saturated rings. The predicted octanol–water partition coefficient (Wildman–Crippen LogP) is 2.18. The van der Waals surface area contributed by atoms with Gasteiger partial charge < -0.3 is 14.9 Å². The molecule has 1 amide bonds. The Kier molecular flexibility index (Phi) is 6.01. The monoisotopic (exact) mass is 302 g/mol. The first-order valence-corrected chi connectivity index (χ1v) is 6.81. The van der Waals surface area contributed by atoms with Gasteiger partial charge in [0.05, 0.1) is 5.69 Å². The molecule has 0 saturated heterocycles. The number of halogens is 1. The van der Waals surface area contributed by atoms with Crippen LogP contribution < -0.4 is 5.32 Å². The van der Waals surface area contributed by atoms with Crippen molar-refractivity contribution in [2.45, 2.75) is 46.1 Å². The van der Waals surface area contributed by atoms with Crippen molar-refractivity contribution < 1.29 is 19.2 Å². The summed E-state index contributed by atoms with van der Waals surface area (Å²) in [5.41, 5.74) is 1.32. The molecule has 1 rings (SSSR count). The molecule has 0 saturated carbocycles. The number of carbonyl (C=O) groups excluding carboxylic acids is 1. The number of aromatic nitrogens is 1. The Labute approximate surface area is 122 Å². The Hall–Kier alpha value is -1.56. The standard InChI is InChI=1S/C13H19ClN2O4/c1-7(2)6-10(13(18)19)15-11(17)5-4-9-8(3)16-20-12(9)14/h7,10H,4-6H2,1-3H3,(H,15,17)(H,18,19)/t10-/m0/s1. The Balaban J connectivity index is 2.52. The van der Waals surface area contributed by atoms with Crippen molar-refractivity contribution in [2.75, 3.05) is 0 Å². The SMILES string of the molecule is Cc1noc(Cl)c1CCC(=O)N[C@@H](CC(C)C)C(=O)O. The largest absolute Gasteiger partial charge is 0.480 e. The molecular weight excluding hydrogens is 284 g/mol. The van der Waals surface area contributed by atoms with Crippen molar-refractivity contribution in [3.05, 3.63) is 16.5 Å². The van der Waals surface area contributed by atoms with E-state index in [1.807, 2.05) is 13.8 Å². The molecule has 2 N–H and O–H groups in total. The molecule has 0 aromatic carbocycles. The van der Waals surface area contributed by atoms with Gasteiger partial charge in [-0.1, -0.05) is 19.0 Å². The maximum Gasteiger partial charge on any atom is 0.326 e. The van der Waals surface area contributed by atoms with E-state index in [4.69, 9.17) is 21.2 Å². The zero-order valence-electron chi connectivity index (χ0n) is 11.8. The molecule has 1 atom stereocenters. The summed E-state index contributed by atoms with van der Waals surface area (Å²) in [5, 5.41) is 15.4. The van der Waals surface area contributed by atoms with Crippen LogP contribution in [0.5, 0.6) is 0 Å². The van der Waals surface area contributed by atoms with Crippen molar-refractivity contribution in [2.24, 2.45) is 5.92 Å². The molecule has 6 nitrogen and oxygen atoms in total. The molecule has 20 heavy (non-hydrogen) atoms. The van der Waals surface area contributed by atoms with Crippen LogP contribution in [0.4, 0.5) is 0 Å². The molecule has 0 unspecified atom stereocenters. The van der Waals surface area contributed by atoms with Crippen molar-refractivity contribution in [1.82, 2.24) is 10.5 Å². The van der Waals surface area contributed by atoms with E-state index < -0.39 is 12.0 Å². The van der Waals surface area contributed by atoms with Gasteiger partial charge in [-0.3, -0.25) is 4.79 Å². The number of hydrogen-bond donors (Lipinski definition) is 2. The summed E-state index contributed by atoms with van der Waals surface area (Å²) >= 11 is 5.80. The Morgan fingerprint density at radius 3 is 2.55 bits per heavy atom. The molecule has 112 valence electrons. The van der Waals surface area contributed by atoms with Crippen LogP contribution in [0.1, 0.15) is 37.9 Å². The minimum Gasteiger partial charge on any atom is -0.480 e. The molecular formula is C13H19ClN2O4. The maximum absolute atomic E-state index is 11.8. The van der Waals surface area contributed by atoms with E-state index in [1.165, 1.54) is 0 Å². The van der Waals surface area contributed by atoms with Gasteiger partial charge >= 0.3 is 5.97 Å². The molecule has 1 heterocycles. The van der Waals surface area contributed by atoms with Crippen LogP contribution in [-0.2, 0) is 16.0 Å². The number of nitrogens with zero attached hydrogens (tertiary/aromatic N) is 1. The quantitative estimate of drug-likeness (QED) is 0.805. The summed E-state index contributed by atoms with van der Waals surface area (Å²) < 4.78 is 4.79. The zero-order valence-corrected chi connectivity index (χ0v) is 12.5. The third-order valence-corrected chi connectivity index (χ3v) is 3.18. The third kappa shape index (κ3) is 4.85. The zero-order chi connectivity index (χ0) is 15.3. The number of hydrogen-bond acceptors (Lipinski definition) is 4. The van der Waals surface area contributed by atoms with Crippen LogP contribution in [0.15, 0.2) is 4.52 Å². The minimum absolute atomic E-state index is 0.143. The summed E-state index contributed by atoms with van der Waals surface area (Å²) in [4.78, 5) is 22.8. The number of amides is 1. The van der Waals surface area contributed by atoms with E-state index in [0.717, 1.165) is 0 Å². The highest BCUT2D eigenvalue weighted by Crippen LogP contribution is 2.20. The maximum atomic E-state index is 11.8. The lowest BCUT2D eigenvalue weighted by molar-refractivity contribution is -0.142. The van der Waals surface area contributed by atoms with E-state index in [1.54, 1.807) is 6.92 Å². The Morgan fingerprint density at radius 2 is 2.10 bits per heavy atom. The molecule has 0 aliphatic heterocycles. The van der Waals surface area contributed by atoms with Crippen LogP contribution >= 0.6 is 11.6 Å². The average Bonchev–Trinajstić information content (AvgIpc) is 2.65. The number of carboxylic acids is 1. The highest BCUT2D eigenvalue weighted by Gasteiger charge is 2.21. The molecule has 0 bridgehead atoms. The Bertz CT molecular complexity index is 465. The average molecular weight is 303 g/mol. The summed E-state index contributed by atoms with van der Waals surface area (Å²) in [6.07, 6.45) is 0.909. The first-order chi connectivity index (χ1) is 9.31. The van der Waals surface area contributed by atoms with E-state index in [9.17, 15) is 9.59 Å². The van der Waals surface area contributed by atoms with Gasteiger partial charge in [-0.15, -0.1) is 0 Å². The van der Waals surface area contributed by atoms with Crippen LogP contribution in [0.3, 0.4) is 0 Å². The highest BCUT2D eigenvalue weighted by molar-refractivity contribution is 6.29. The van der Waals surface area contributed by atoms with Crippen molar-refractivity contribution in [3.8, 4) is 0 Å². The topological polar surface area (TPSA) is 92.4 Å². The molecule has 1 aromatic heterocycles. The fourth-order valence-electron chi connectivity index (χ4n) is 1.84. The summed E-state index contributed by atoms with van der Waals surface area (Å²) in [6.45, 7) is 5.55. The van der Waals surface area contributed by atoms with Gasteiger partial charge in [-0.05, 0) is 37.3 Å². The van der Waals surface area contributed by atoms with E-state index in [-0.39, 0.29) is 23.5 Å². The molecule has 0 aliphatic rings. The number of carboxylic acid groups (broad SMARTS) is 1. The highest BCUT2D eigenvalue weighted by atomic mass is 35.5. The lowest BCUT2D eigenvalue weighted by Gasteiger charge is -2.16. The lowest BCUT2D eigenvalue weighted by atomic mass is 10.0. The van der Waals surface area contributed by atoms with Gasteiger partial charge in [0.1, 0.15) is 6.04 Å². The fraction of sp³-hybridized carbons (Fsp3) is 0.615. The van der Waals surface area contributed by atoms with Gasteiger partial charge in [0.2, 0.25) is 11.1 Å². The Morgan fingerprint density at radius 1 is 1.45 bits per heavy atom.